The van der Waals surface area contributed by atoms with E-state index in [0.29, 0.717) is 5.92 Å². The molecule has 0 amide bonds. The summed E-state index contributed by atoms with van der Waals surface area (Å²) >= 11 is 0. The smallest absolute Gasteiger partial charge is 0.00515 e. The Morgan fingerprint density at radius 2 is 1.69 bits per heavy atom. The molecule has 0 aromatic rings. The van der Waals surface area contributed by atoms with Gasteiger partial charge in [-0.1, -0.05) is 31.1 Å². The van der Waals surface area contributed by atoms with Crippen LogP contribution in [0, 0.1) is 5.92 Å². The van der Waals surface area contributed by atoms with Gasteiger partial charge in [-0.15, -0.1) is 0 Å². The highest BCUT2D eigenvalue weighted by Crippen LogP contribution is 2.23. The fourth-order valence-corrected chi connectivity index (χ4v) is 1.85. The van der Waals surface area contributed by atoms with E-state index in [1.165, 1.54) is 16.7 Å². The van der Waals surface area contributed by atoms with Gasteiger partial charge in [0, 0.05) is 5.70 Å². The van der Waals surface area contributed by atoms with Crippen LogP contribution in [0.1, 0.15) is 54.4 Å². The van der Waals surface area contributed by atoms with Crippen LogP contribution < -0.4 is 5.73 Å². The minimum absolute atomic E-state index is 0.597. The van der Waals surface area contributed by atoms with Crippen LogP contribution in [0.5, 0.6) is 0 Å². The second kappa shape index (κ2) is 7.32. The van der Waals surface area contributed by atoms with Crippen molar-refractivity contribution in [2.75, 3.05) is 0 Å². The monoisotopic (exact) mass is 221 g/mol. The summed E-state index contributed by atoms with van der Waals surface area (Å²) in [7, 11) is 0. The van der Waals surface area contributed by atoms with Crippen molar-refractivity contribution in [2.45, 2.75) is 54.4 Å². The van der Waals surface area contributed by atoms with Gasteiger partial charge in [0.15, 0.2) is 0 Å². The Hall–Kier alpha value is -0.980. The largest absolute Gasteiger partial charge is 0.402 e. The molecule has 0 rings (SSSR count). The minimum Gasteiger partial charge on any atom is -0.402 e. The molecule has 0 fully saturated rings. The highest BCUT2D eigenvalue weighted by Gasteiger charge is 2.06. The molecule has 92 valence electrons. The molecule has 2 N–H and O–H groups in total. The van der Waals surface area contributed by atoms with Gasteiger partial charge in [-0.2, -0.15) is 0 Å². The van der Waals surface area contributed by atoms with Crippen molar-refractivity contribution in [1.29, 1.82) is 0 Å². The maximum atomic E-state index is 5.73. The van der Waals surface area contributed by atoms with Gasteiger partial charge in [0.1, 0.15) is 0 Å². The zero-order valence-corrected chi connectivity index (χ0v) is 11.7. The maximum absolute atomic E-state index is 5.73. The van der Waals surface area contributed by atoms with Crippen LogP contribution in [-0.2, 0) is 0 Å². The van der Waals surface area contributed by atoms with Gasteiger partial charge in [0.05, 0.1) is 0 Å². The summed E-state index contributed by atoms with van der Waals surface area (Å²) < 4.78 is 0. The van der Waals surface area contributed by atoms with Crippen molar-refractivity contribution < 1.29 is 0 Å². The summed E-state index contributed by atoms with van der Waals surface area (Å²) in [5.74, 6) is 0.597. The lowest BCUT2D eigenvalue weighted by molar-refractivity contribution is 0.698. The van der Waals surface area contributed by atoms with E-state index in [9.17, 15) is 0 Å². The molecule has 0 saturated heterocycles. The van der Waals surface area contributed by atoms with Crippen LogP contribution in [0.4, 0.5) is 0 Å². The van der Waals surface area contributed by atoms with Crippen molar-refractivity contribution in [3.05, 3.63) is 34.6 Å². The lowest BCUT2D eigenvalue weighted by Crippen LogP contribution is -2.00. The van der Waals surface area contributed by atoms with Crippen LogP contribution in [-0.4, -0.2) is 0 Å². The van der Waals surface area contributed by atoms with Crippen LogP contribution in [0.3, 0.4) is 0 Å². The number of hydrogen-bond donors (Lipinski definition) is 1. The number of rotatable bonds is 5. The van der Waals surface area contributed by atoms with E-state index >= 15 is 0 Å². The molecule has 0 bridgehead atoms. The van der Waals surface area contributed by atoms with E-state index in [-0.39, 0.29) is 0 Å². The molecule has 0 aliphatic heterocycles. The molecule has 0 saturated carbocycles. The summed E-state index contributed by atoms with van der Waals surface area (Å²) in [5.41, 5.74) is 10.9. The van der Waals surface area contributed by atoms with Crippen LogP contribution in [0.25, 0.3) is 0 Å². The first kappa shape index (κ1) is 15.0. The highest BCUT2D eigenvalue weighted by atomic mass is 14.5. The third-order valence-corrected chi connectivity index (χ3v) is 2.93. The van der Waals surface area contributed by atoms with Crippen LogP contribution in [0.2, 0.25) is 0 Å². The second-order valence-corrected chi connectivity index (χ2v) is 4.89. The zero-order valence-electron chi connectivity index (χ0n) is 11.7. The van der Waals surface area contributed by atoms with E-state index in [0.717, 1.165) is 18.5 Å². The average Bonchev–Trinajstić information content (AvgIpc) is 2.15. The predicted octanol–water partition coefficient (Wildman–Crippen LogP) is 4.57. The predicted molar refractivity (Wildman–Crippen MR) is 74.1 cm³/mol. The van der Waals surface area contributed by atoms with Crippen molar-refractivity contribution in [1.82, 2.24) is 0 Å². The average molecular weight is 221 g/mol. The van der Waals surface area contributed by atoms with Gasteiger partial charge in [-0.05, 0) is 58.1 Å². The van der Waals surface area contributed by atoms with Gasteiger partial charge < -0.3 is 5.73 Å². The summed E-state index contributed by atoms with van der Waals surface area (Å²) in [5, 5.41) is 0. The van der Waals surface area contributed by atoms with E-state index in [1.807, 2.05) is 6.92 Å². The first-order chi connectivity index (χ1) is 7.38. The van der Waals surface area contributed by atoms with Crippen molar-refractivity contribution in [3.8, 4) is 0 Å². The molecule has 1 nitrogen and oxygen atoms in total. The molecule has 16 heavy (non-hydrogen) atoms. The number of allylic oxidation sites excluding steroid dienone is 6. The van der Waals surface area contributed by atoms with Crippen LogP contribution in [0.15, 0.2) is 34.6 Å². The van der Waals surface area contributed by atoms with Gasteiger partial charge >= 0.3 is 0 Å². The molecule has 0 radical (unpaired) electrons. The Labute approximate surface area is 101 Å². The van der Waals surface area contributed by atoms with Crippen LogP contribution >= 0.6 is 0 Å². The third-order valence-electron chi connectivity index (χ3n) is 2.93. The Morgan fingerprint density at radius 1 is 1.12 bits per heavy atom. The number of hydrogen-bond acceptors (Lipinski definition) is 1. The molecule has 0 aliphatic rings. The summed E-state index contributed by atoms with van der Waals surface area (Å²) in [6, 6.07) is 0. The molecule has 0 aromatic carbocycles. The molecule has 0 unspecified atom stereocenters. The van der Waals surface area contributed by atoms with E-state index in [1.54, 1.807) is 0 Å². The van der Waals surface area contributed by atoms with Crippen molar-refractivity contribution in [2.24, 2.45) is 11.7 Å². The summed E-state index contributed by atoms with van der Waals surface area (Å²) in [6.07, 6.45) is 6.57. The normalized spacial score (nSPS) is 15.4. The molecular weight excluding hydrogens is 194 g/mol. The third kappa shape index (κ3) is 5.79. The lowest BCUT2D eigenvalue weighted by atomic mass is 9.92. The molecular formula is C15H27N. The first-order valence-electron chi connectivity index (χ1n) is 6.13. The number of nitrogens with two attached hydrogens (primary N) is 1. The molecule has 0 aliphatic carbocycles. The fraction of sp³-hybridized carbons (Fsp3) is 0.600. The molecule has 0 atom stereocenters. The van der Waals surface area contributed by atoms with Gasteiger partial charge in [0.2, 0.25) is 0 Å². The van der Waals surface area contributed by atoms with E-state index in [4.69, 9.17) is 5.73 Å². The molecule has 1 heteroatoms. The van der Waals surface area contributed by atoms with E-state index in [2.05, 4.69) is 46.8 Å². The molecule has 0 spiro atoms. The van der Waals surface area contributed by atoms with Gasteiger partial charge in [-0.3, -0.25) is 0 Å². The Balaban J connectivity index is 4.81. The second-order valence-electron chi connectivity index (χ2n) is 4.89. The fourth-order valence-electron chi connectivity index (χ4n) is 1.85. The van der Waals surface area contributed by atoms with E-state index < -0.39 is 0 Å². The van der Waals surface area contributed by atoms with Gasteiger partial charge in [-0.25, -0.2) is 0 Å². The quantitative estimate of drug-likeness (QED) is 0.534. The topological polar surface area (TPSA) is 26.0 Å². The summed E-state index contributed by atoms with van der Waals surface area (Å²) in [4.78, 5) is 0. The Bertz CT molecular complexity index is 299. The zero-order chi connectivity index (χ0) is 12.7. The molecule has 0 heterocycles. The Kier molecular flexibility index (Phi) is 6.87. The van der Waals surface area contributed by atoms with Crippen molar-refractivity contribution >= 4 is 0 Å². The molecule has 0 aromatic heterocycles. The SMILES string of the molecule is C/C=C(\C)CC/C(=C(C)/C=C(\C)N)C(C)C. The highest BCUT2D eigenvalue weighted by molar-refractivity contribution is 5.27. The summed E-state index contributed by atoms with van der Waals surface area (Å²) in [6.45, 7) is 12.9. The standard InChI is InChI=1S/C15H27N/c1-7-12(4)8-9-15(11(2)3)13(5)10-14(6)16/h7,10-11H,8-9,16H2,1-6H3/b12-7+,14-10+,15-13-. The minimum atomic E-state index is 0.597. The maximum Gasteiger partial charge on any atom is 0.00515 e. The van der Waals surface area contributed by atoms with Crippen molar-refractivity contribution in [3.63, 3.8) is 0 Å². The van der Waals surface area contributed by atoms with Gasteiger partial charge in [0.25, 0.3) is 0 Å². The lowest BCUT2D eigenvalue weighted by Gasteiger charge is -2.14. The Morgan fingerprint density at radius 3 is 2.06 bits per heavy atom. The first-order valence-corrected chi connectivity index (χ1v) is 6.13.